The summed E-state index contributed by atoms with van der Waals surface area (Å²) in [7, 11) is 0. The van der Waals surface area contributed by atoms with Gasteiger partial charge in [-0.2, -0.15) is 0 Å². The highest BCUT2D eigenvalue weighted by Gasteiger charge is 2.53. The molecule has 0 saturated heterocycles. The zero-order valence-electron chi connectivity index (χ0n) is 32.1. The maximum Gasteiger partial charge on any atom is 0.264 e. The molecule has 6 rings (SSSR count). The Morgan fingerprint density at radius 3 is 2.36 bits per heavy atom. The van der Waals surface area contributed by atoms with E-state index in [1.165, 1.54) is 0 Å². The monoisotopic (exact) mass is 760 g/mol. The van der Waals surface area contributed by atoms with Gasteiger partial charge in [-0.15, -0.1) is 0 Å². The quantitative estimate of drug-likeness (QED) is 0.0784. The second-order valence-corrected chi connectivity index (χ2v) is 14.3. The molecule has 56 heavy (non-hydrogen) atoms. The van der Waals surface area contributed by atoms with E-state index in [0.29, 0.717) is 67.3 Å². The van der Waals surface area contributed by atoms with E-state index >= 15 is 0 Å². The van der Waals surface area contributed by atoms with Gasteiger partial charge in [-0.1, -0.05) is 79.7 Å². The zero-order chi connectivity index (χ0) is 39.7. The van der Waals surface area contributed by atoms with Crippen molar-refractivity contribution in [2.24, 2.45) is 5.92 Å². The molecule has 1 unspecified atom stereocenters. The summed E-state index contributed by atoms with van der Waals surface area (Å²) in [4.78, 5) is 47.0. The van der Waals surface area contributed by atoms with Gasteiger partial charge in [-0.05, 0) is 85.8 Å². The van der Waals surface area contributed by atoms with Crippen LogP contribution in [0.5, 0.6) is 5.75 Å². The van der Waals surface area contributed by atoms with Crippen LogP contribution in [0.15, 0.2) is 109 Å². The Kier molecular flexibility index (Phi) is 13.4. The number of ether oxygens (including phenoxy) is 1. The molecule has 294 valence electrons. The Morgan fingerprint density at radius 1 is 0.946 bits per heavy atom. The normalized spacial score (nSPS) is 18.3. The summed E-state index contributed by atoms with van der Waals surface area (Å²) in [5.41, 5.74) is 2.81. The molecular formula is C45H52N4O7. The van der Waals surface area contributed by atoms with E-state index < -0.39 is 23.5 Å². The van der Waals surface area contributed by atoms with E-state index in [2.05, 4.69) is 5.32 Å². The molecule has 4 aromatic rings. The number of hydrogen-bond donors (Lipinski definition) is 4. The smallest absolute Gasteiger partial charge is 0.264 e. The Morgan fingerprint density at radius 2 is 1.66 bits per heavy atom. The van der Waals surface area contributed by atoms with Crippen molar-refractivity contribution in [1.29, 1.82) is 0 Å². The highest BCUT2D eigenvalue weighted by Crippen LogP contribution is 2.48. The number of aliphatic hydroxyl groups excluding tert-OH is 2. The fourth-order valence-corrected chi connectivity index (χ4v) is 7.58. The number of nitrogens with one attached hydrogen (secondary N) is 1. The number of amides is 3. The van der Waals surface area contributed by atoms with Gasteiger partial charge in [0.25, 0.3) is 5.91 Å². The Labute approximate surface area is 328 Å². The number of aliphatic hydroxyl groups is 3. The minimum Gasteiger partial charge on any atom is -0.494 e. The summed E-state index contributed by atoms with van der Waals surface area (Å²) in [6.07, 6.45) is 5.16. The van der Waals surface area contributed by atoms with Crippen LogP contribution in [0.2, 0.25) is 0 Å². The molecule has 4 aromatic carbocycles. The summed E-state index contributed by atoms with van der Waals surface area (Å²) < 4.78 is 5.80. The summed E-state index contributed by atoms with van der Waals surface area (Å²) in [6, 6.07) is 29.6. The van der Waals surface area contributed by atoms with E-state index in [9.17, 15) is 29.7 Å². The molecule has 0 saturated carbocycles. The molecule has 0 bridgehead atoms. The lowest BCUT2D eigenvalue weighted by atomic mass is 9.82. The number of rotatable bonds is 18. The van der Waals surface area contributed by atoms with Gasteiger partial charge in [0.1, 0.15) is 5.75 Å². The van der Waals surface area contributed by atoms with Crippen molar-refractivity contribution in [2.45, 2.75) is 64.3 Å². The van der Waals surface area contributed by atoms with E-state index in [4.69, 9.17) is 4.74 Å². The fourth-order valence-electron chi connectivity index (χ4n) is 7.58. The highest BCUT2D eigenvalue weighted by atomic mass is 16.5. The first-order chi connectivity index (χ1) is 27.2. The predicted molar refractivity (Wildman–Crippen MR) is 216 cm³/mol. The van der Waals surface area contributed by atoms with Crippen molar-refractivity contribution in [2.75, 3.05) is 42.7 Å². The molecule has 0 aromatic heterocycles. The van der Waals surface area contributed by atoms with Gasteiger partial charge in [0.05, 0.1) is 37.2 Å². The second-order valence-electron chi connectivity index (χ2n) is 14.3. The summed E-state index contributed by atoms with van der Waals surface area (Å²) in [5.74, 6) is -0.938. The standard InChI is InChI=1S/C45H52N4O7/c1-3-56-37-20-22-40-35(27-37)28-39(46-23-10-11-25-50)43(53)49(40)36-19-21-41-38(29-36)45(55,44(54)48(41)31-34-16-8-5-9-17-34)32(2)13-12-18-42(52)47(24-26-51)30-33-14-6-4-7-15-33/h4-9,12-17,19-22,27,29,32,39,46,50-51,55H,3,10-11,18,23-26,28,30-31H2,1-2H3/b13-12+/t32-,39?,45+/m0/s1. The first kappa shape index (κ1) is 40.3. The third kappa shape index (κ3) is 8.71. The second kappa shape index (κ2) is 18.5. The van der Waals surface area contributed by atoms with Crippen molar-refractivity contribution in [3.8, 4) is 5.75 Å². The molecule has 2 aliphatic heterocycles. The number of carbonyl (C=O) groups is 3. The average molecular weight is 761 g/mol. The van der Waals surface area contributed by atoms with Crippen LogP contribution in [0.4, 0.5) is 17.1 Å². The van der Waals surface area contributed by atoms with Crippen molar-refractivity contribution in [3.63, 3.8) is 0 Å². The number of fused-ring (bicyclic) bond motifs is 2. The van der Waals surface area contributed by atoms with Crippen LogP contribution >= 0.6 is 0 Å². The van der Waals surface area contributed by atoms with Crippen LogP contribution in [-0.2, 0) is 39.5 Å². The Balaban J connectivity index is 1.34. The molecule has 4 N–H and O–H groups in total. The van der Waals surface area contributed by atoms with Crippen LogP contribution in [0.3, 0.4) is 0 Å². The SMILES string of the molecule is CCOc1ccc2c(c1)CC(NCCCCO)C(=O)N2c1ccc2c(c1)[C@](O)([C@@H](C)/C=C/CC(=O)N(CCO)Cc1ccccc1)C(=O)N2Cc1ccccc1. The van der Waals surface area contributed by atoms with Gasteiger partial charge in [-0.25, -0.2) is 0 Å². The Bertz CT molecular complexity index is 2010. The first-order valence-corrected chi connectivity index (χ1v) is 19.5. The maximum atomic E-state index is 14.5. The lowest BCUT2D eigenvalue weighted by molar-refractivity contribution is -0.139. The number of anilines is 3. The third-order valence-corrected chi connectivity index (χ3v) is 10.5. The van der Waals surface area contributed by atoms with Gasteiger partial charge in [0.15, 0.2) is 5.60 Å². The van der Waals surface area contributed by atoms with Crippen LogP contribution in [0, 0.1) is 5.92 Å². The summed E-state index contributed by atoms with van der Waals surface area (Å²) >= 11 is 0. The molecule has 11 nitrogen and oxygen atoms in total. The van der Waals surface area contributed by atoms with Gasteiger partial charge in [-0.3, -0.25) is 19.3 Å². The topological polar surface area (TPSA) is 143 Å². The largest absolute Gasteiger partial charge is 0.494 e. The minimum absolute atomic E-state index is 0.0115. The lowest BCUT2D eigenvalue weighted by Gasteiger charge is -2.35. The number of nitrogens with zero attached hydrogens (tertiary/aromatic N) is 3. The van der Waals surface area contributed by atoms with Gasteiger partial charge < -0.3 is 35.2 Å². The fraction of sp³-hybridized carbons (Fsp3) is 0.356. The predicted octanol–water partition coefficient (Wildman–Crippen LogP) is 5.37. The van der Waals surface area contributed by atoms with Crippen molar-refractivity contribution in [3.05, 3.63) is 131 Å². The number of hydrogen-bond acceptors (Lipinski definition) is 8. The molecule has 2 aliphatic rings. The number of benzene rings is 4. The van der Waals surface area contributed by atoms with E-state index in [-0.39, 0.29) is 44.5 Å². The van der Waals surface area contributed by atoms with Crippen LogP contribution in [0.1, 0.15) is 55.4 Å². The Hall–Kier alpha value is -5.33. The summed E-state index contributed by atoms with van der Waals surface area (Å²) in [6.45, 7) is 5.36. The van der Waals surface area contributed by atoms with Crippen LogP contribution in [0.25, 0.3) is 0 Å². The van der Waals surface area contributed by atoms with Crippen molar-refractivity contribution < 1.29 is 34.4 Å². The molecule has 11 heteroatoms. The van der Waals surface area contributed by atoms with Gasteiger partial charge in [0, 0.05) is 43.3 Å². The molecule has 0 radical (unpaired) electrons. The lowest BCUT2D eigenvalue weighted by Crippen LogP contribution is -2.49. The van der Waals surface area contributed by atoms with E-state index in [0.717, 1.165) is 16.7 Å². The zero-order valence-corrected chi connectivity index (χ0v) is 32.1. The van der Waals surface area contributed by atoms with Gasteiger partial charge >= 0.3 is 0 Å². The molecule has 2 heterocycles. The third-order valence-electron chi connectivity index (χ3n) is 10.5. The molecule has 0 fully saturated rings. The minimum atomic E-state index is -2.02. The molecule has 0 aliphatic carbocycles. The van der Waals surface area contributed by atoms with Crippen molar-refractivity contribution in [1.82, 2.24) is 10.2 Å². The van der Waals surface area contributed by atoms with Crippen LogP contribution in [-0.4, -0.2) is 76.9 Å². The highest BCUT2D eigenvalue weighted by molar-refractivity contribution is 6.10. The van der Waals surface area contributed by atoms with Crippen molar-refractivity contribution >= 4 is 34.8 Å². The molecule has 3 atom stereocenters. The molecule has 0 spiro atoms. The molecule has 3 amide bonds. The molecular weight excluding hydrogens is 709 g/mol. The van der Waals surface area contributed by atoms with E-state index in [1.54, 1.807) is 45.9 Å². The van der Waals surface area contributed by atoms with Crippen LogP contribution < -0.4 is 19.9 Å². The van der Waals surface area contributed by atoms with E-state index in [1.807, 2.05) is 91.9 Å². The maximum absolute atomic E-state index is 14.5. The average Bonchev–Trinajstić information content (AvgIpc) is 3.42. The number of unbranched alkanes of at least 4 members (excludes halogenated alkanes) is 1. The summed E-state index contributed by atoms with van der Waals surface area (Å²) in [5, 5.41) is 35.0. The number of carbonyl (C=O) groups excluding carboxylic acids is 3. The van der Waals surface area contributed by atoms with Gasteiger partial charge in [0.2, 0.25) is 11.8 Å². The first-order valence-electron chi connectivity index (χ1n) is 19.5.